The highest BCUT2D eigenvalue weighted by atomic mass is 16.1. The molecule has 0 saturated carbocycles. The van der Waals surface area contributed by atoms with Crippen molar-refractivity contribution in [3.05, 3.63) is 17.5 Å². The van der Waals surface area contributed by atoms with Crippen LogP contribution in [0.1, 0.15) is 38.1 Å². The van der Waals surface area contributed by atoms with Crippen molar-refractivity contribution in [2.75, 3.05) is 20.1 Å². The summed E-state index contributed by atoms with van der Waals surface area (Å²) in [4.78, 5) is 13.8. The van der Waals surface area contributed by atoms with E-state index in [1.54, 1.807) is 7.05 Å². The van der Waals surface area contributed by atoms with Crippen LogP contribution in [0.4, 0.5) is 0 Å². The van der Waals surface area contributed by atoms with Crippen LogP contribution in [0.15, 0.2) is 6.07 Å². The van der Waals surface area contributed by atoms with E-state index in [1.807, 2.05) is 0 Å². The van der Waals surface area contributed by atoms with E-state index in [0.717, 1.165) is 38.2 Å². The van der Waals surface area contributed by atoms with Gasteiger partial charge in [0.15, 0.2) is 0 Å². The smallest absolute Gasteiger partial charge is 0.220 e. The summed E-state index contributed by atoms with van der Waals surface area (Å²) >= 11 is 0. The van der Waals surface area contributed by atoms with Crippen LogP contribution < -0.4 is 5.32 Å². The quantitative estimate of drug-likeness (QED) is 0.830. The lowest BCUT2D eigenvalue weighted by atomic mass is 10.0. The summed E-state index contributed by atoms with van der Waals surface area (Å²) in [5, 5.41) is 10.2. The molecule has 0 spiro atoms. The molecular formula is C15H26N4O. The molecule has 2 rings (SSSR count). The molecule has 1 fully saturated rings. The Morgan fingerprint density at radius 3 is 3.10 bits per heavy atom. The maximum atomic E-state index is 11.4. The molecule has 1 atom stereocenters. The molecule has 0 aliphatic carbocycles. The van der Waals surface area contributed by atoms with E-state index in [4.69, 9.17) is 0 Å². The molecule has 5 nitrogen and oxygen atoms in total. The second kappa shape index (κ2) is 6.88. The first-order chi connectivity index (χ1) is 9.56. The number of aromatic nitrogens is 2. The van der Waals surface area contributed by atoms with Crippen LogP contribution in [-0.2, 0) is 17.8 Å². The summed E-state index contributed by atoms with van der Waals surface area (Å²) in [5.41, 5.74) is 2.33. The molecule has 1 amide bonds. The summed E-state index contributed by atoms with van der Waals surface area (Å²) in [6.45, 7) is 7.40. The third kappa shape index (κ3) is 4.34. The van der Waals surface area contributed by atoms with Gasteiger partial charge in [-0.3, -0.25) is 14.8 Å². The van der Waals surface area contributed by atoms with Crippen molar-refractivity contribution in [1.82, 2.24) is 20.4 Å². The number of carbonyl (C=O) groups is 1. The topological polar surface area (TPSA) is 61.0 Å². The molecule has 2 heterocycles. The molecule has 0 aromatic carbocycles. The normalized spacial score (nSPS) is 19.7. The summed E-state index contributed by atoms with van der Waals surface area (Å²) in [5.74, 6) is 1.28. The van der Waals surface area contributed by atoms with E-state index in [2.05, 4.69) is 40.3 Å². The number of H-pyrrole nitrogens is 1. The number of hydrogen-bond acceptors (Lipinski definition) is 3. The average molecular weight is 278 g/mol. The van der Waals surface area contributed by atoms with Gasteiger partial charge in [-0.25, -0.2) is 0 Å². The first-order valence-corrected chi connectivity index (χ1v) is 7.53. The van der Waals surface area contributed by atoms with Crippen LogP contribution in [0, 0.1) is 11.8 Å². The van der Waals surface area contributed by atoms with Crippen LogP contribution in [0.2, 0.25) is 0 Å². The Hall–Kier alpha value is -1.36. The SMILES string of the molecule is CNC(=O)C[C@H]1CCN(Cc2cc(CC(C)C)n[nH]2)C1. The number of amides is 1. The predicted molar refractivity (Wildman–Crippen MR) is 79.2 cm³/mol. The van der Waals surface area contributed by atoms with Crippen LogP contribution in [0.5, 0.6) is 0 Å². The fourth-order valence-corrected chi connectivity index (χ4v) is 2.84. The van der Waals surface area contributed by atoms with E-state index < -0.39 is 0 Å². The highest BCUT2D eigenvalue weighted by molar-refractivity contribution is 5.75. The van der Waals surface area contributed by atoms with Gasteiger partial charge in [-0.1, -0.05) is 13.8 Å². The first kappa shape index (κ1) is 15.0. The van der Waals surface area contributed by atoms with Gasteiger partial charge < -0.3 is 5.32 Å². The molecule has 1 aromatic rings. The van der Waals surface area contributed by atoms with Crippen molar-refractivity contribution in [2.45, 2.75) is 39.7 Å². The molecule has 1 aliphatic heterocycles. The molecular weight excluding hydrogens is 252 g/mol. The zero-order valence-electron chi connectivity index (χ0n) is 12.8. The predicted octanol–water partition coefficient (Wildman–Crippen LogP) is 1.57. The second-order valence-corrected chi connectivity index (χ2v) is 6.25. The van der Waals surface area contributed by atoms with E-state index >= 15 is 0 Å². The van der Waals surface area contributed by atoms with Crippen molar-refractivity contribution >= 4 is 5.91 Å². The van der Waals surface area contributed by atoms with Gasteiger partial charge in [0.25, 0.3) is 0 Å². The molecule has 20 heavy (non-hydrogen) atoms. The number of nitrogens with zero attached hydrogens (tertiary/aromatic N) is 2. The van der Waals surface area contributed by atoms with Gasteiger partial charge >= 0.3 is 0 Å². The third-order valence-electron chi connectivity index (χ3n) is 3.82. The van der Waals surface area contributed by atoms with Crippen LogP contribution in [0.3, 0.4) is 0 Å². The Morgan fingerprint density at radius 2 is 2.40 bits per heavy atom. The Balaban J connectivity index is 1.80. The van der Waals surface area contributed by atoms with E-state index in [-0.39, 0.29) is 5.91 Å². The number of aromatic amines is 1. The fraction of sp³-hybridized carbons (Fsp3) is 0.733. The summed E-state index contributed by atoms with van der Waals surface area (Å²) in [6, 6.07) is 2.17. The van der Waals surface area contributed by atoms with Gasteiger partial charge in [0, 0.05) is 32.3 Å². The Kier molecular flexibility index (Phi) is 5.17. The van der Waals surface area contributed by atoms with Gasteiger partial charge in [0.2, 0.25) is 5.91 Å². The number of rotatable bonds is 6. The largest absolute Gasteiger partial charge is 0.359 e. The minimum atomic E-state index is 0.151. The lowest BCUT2D eigenvalue weighted by Crippen LogP contribution is -2.24. The van der Waals surface area contributed by atoms with Crippen LogP contribution in [-0.4, -0.2) is 41.1 Å². The van der Waals surface area contributed by atoms with E-state index in [9.17, 15) is 4.79 Å². The molecule has 0 bridgehead atoms. The van der Waals surface area contributed by atoms with E-state index in [1.165, 1.54) is 5.69 Å². The standard InChI is InChI=1S/C15H26N4O/c1-11(2)6-13-8-14(18-17-13)10-19-5-4-12(9-19)7-15(20)16-3/h8,11-12H,4-7,9-10H2,1-3H3,(H,16,20)(H,17,18)/t12-/m1/s1. The zero-order valence-corrected chi connectivity index (χ0v) is 12.8. The molecule has 112 valence electrons. The lowest BCUT2D eigenvalue weighted by Gasteiger charge is -2.14. The third-order valence-corrected chi connectivity index (χ3v) is 3.82. The van der Waals surface area contributed by atoms with Crippen molar-refractivity contribution in [2.24, 2.45) is 11.8 Å². The van der Waals surface area contributed by atoms with Crippen molar-refractivity contribution in [3.63, 3.8) is 0 Å². The van der Waals surface area contributed by atoms with Gasteiger partial charge in [0.1, 0.15) is 0 Å². The van der Waals surface area contributed by atoms with Gasteiger partial charge in [-0.15, -0.1) is 0 Å². The monoisotopic (exact) mass is 278 g/mol. The average Bonchev–Trinajstić information content (AvgIpc) is 2.99. The highest BCUT2D eigenvalue weighted by Crippen LogP contribution is 2.21. The minimum Gasteiger partial charge on any atom is -0.359 e. The molecule has 1 aromatic heterocycles. The first-order valence-electron chi connectivity index (χ1n) is 7.53. The molecule has 1 saturated heterocycles. The molecule has 1 aliphatic rings. The minimum absolute atomic E-state index is 0.151. The van der Waals surface area contributed by atoms with Crippen LogP contribution >= 0.6 is 0 Å². The lowest BCUT2D eigenvalue weighted by molar-refractivity contribution is -0.121. The Labute approximate surface area is 121 Å². The second-order valence-electron chi connectivity index (χ2n) is 6.25. The zero-order chi connectivity index (χ0) is 14.5. The van der Waals surface area contributed by atoms with Gasteiger partial charge in [0.05, 0.1) is 5.69 Å². The maximum Gasteiger partial charge on any atom is 0.220 e. The molecule has 0 radical (unpaired) electrons. The number of likely N-dealkylation sites (tertiary alicyclic amines) is 1. The summed E-state index contributed by atoms with van der Waals surface area (Å²) < 4.78 is 0. The Bertz CT molecular complexity index is 441. The molecule has 2 N–H and O–H groups in total. The Morgan fingerprint density at radius 1 is 1.60 bits per heavy atom. The maximum absolute atomic E-state index is 11.4. The van der Waals surface area contributed by atoms with Crippen LogP contribution in [0.25, 0.3) is 0 Å². The summed E-state index contributed by atoms with van der Waals surface area (Å²) in [7, 11) is 1.70. The highest BCUT2D eigenvalue weighted by Gasteiger charge is 2.24. The van der Waals surface area contributed by atoms with Gasteiger partial charge in [-0.05, 0) is 37.3 Å². The van der Waals surface area contributed by atoms with Crippen molar-refractivity contribution in [1.29, 1.82) is 0 Å². The summed E-state index contributed by atoms with van der Waals surface area (Å²) in [6.07, 6.45) is 2.78. The number of carbonyl (C=O) groups excluding carboxylic acids is 1. The molecule has 0 unspecified atom stereocenters. The van der Waals surface area contributed by atoms with Gasteiger partial charge in [-0.2, -0.15) is 5.10 Å². The van der Waals surface area contributed by atoms with E-state index in [0.29, 0.717) is 18.3 Å². The molecule has 5 heteroatoms. The van der Waals surface area contributed by atoms with Crippen molar-refractivity contribution < 1.29 is 4.79 Å². The fourth-order valence-electron chi connectivity index (χ4n) is 2.84. The number of nitrogens with one attached hydrogen (secondary N) is 2. The van der Waals surface area contributed by atoms with Crippen molar-refractivity contribution in [3.8, 4) is 0 Å². The number of hydrogen-bond donors (Lipinski definition) is 2.